The largest absolute Gasteiger partial charge is 0.450 e. The summed E-state index contributed by atoms with van der Waals surface area (Å²) in [5, 5.41) is 8.62. The number of carbonyl (C=O) groups is 1. The fraction of sp³-hybridized carbons (Fsp3) is 0.556. The molecule has 1 amide bonds. The van der Waals surface area contributed by atoms with Crippen molar-refractivity contribution in [2.24, 2.45) is 0 Å². The second-order valence-electron chi connectivity index (χ2n) is 2.75. The van der Waals surface area contributed by atoms with Crippen LogP contribution in [0.2, 0.25) is 0 Å². The van der Waals surface area contributed by atoms with Crippen molar-refractivity contribution in [3.8, 4) is 6.07 Å². The van der Waals surface area contributed by atoms with Crippen LogP contribution in [0.4, 0.5) is 4.79 Å². The topological polar surface area (TPSA) is 53.3 Å². The van der Waals surface area contributed by atoms with Gasteiger partial charge in [-0.05, 0) is 13.3 Å². The van der Waals surface area contributed by atoms with E-state index >= 15 is 0 Å². The van der Waals surface area contributed by atoms with Gasteiger partial charge < -0.3 is 9.64 Å². The third-order valence-corrected chi connectivity index (χ3v) is 1.82. The summed E-state index contributed by atoms with van der Waals surface area (Å²) in [6.07, 6.45) is 2.26. The van der Waals surface area contributed by atoms with Crippen molar-refractivity contribution in [2.45, 2.75) is 13.3 Å². The quantitative estimate of drug-likeness (QED) is 0.611. The smallest absolute Gasteiger partial charge is 0.410 e. The molecule has 0 saturated heterocycles. The Bertz CT molecular complexity index is 265. The summed E-state index contributed by atoms with van der Waals surface area (Å²) in [6, 6.07) is 2.04. The molecule has 0 aromatic heterocycles. The zero-order valence-corrected chi connectivity index (χ0v) is 7.62. The molecule has 0 spiro atoms. The van der Waals surface area contributed by atoms with E-state index in [2.05, 4.69) is 0 Å². The molecule has 0 atom stereocenters. The summed E-state index contributed by atoms with van der Waals surface area (Å²) in [4.78, 5) is 12.8. The Morgan fingerprint density at radius 2 is 2.62 bits per heavy atom. The fourth-order valence-electron chi connectivity index (χ4n) is 1.20. The molecule has 4 nitrogen and oxygen atoms in total. The Hall–Kier alpha value is -1.50. The lowest BCUT2D eigenvalue weighted by molar-refractivity contribution is 0.110. The van der Waals surface area contributed by atoms with Gasteiger partial charge >= 0.3 is 6.09 Å². The summed E-state index contributed by atoms with van der Waals surface area (Å²) >= 11 is 0. The van der Waals surface area contributed by atoms with E-state index in [9.17, 15) is 4.79 Å². The molecule has 0 aromatic rings. The van der Waals surface area contributed by atoms with Crippen LogP contribution in [0.1, 0.15) is 13.3 Å². The van der Waals surface area contributed by atoms with Gasteiger partial charge in [-0.15, -0.1) is 0 Å². The summed E-state index contributed by atoms with van der Waals surface area (Å²) in [5.41, 5.74) is 0.638. The van der Waals surface area contributed by atoms with E-state index in [1.807, 2.05) is 12.1 Å². The van der Waals surface area contributed by atoms with E-state index in [1.54, 1.807) is 11.8 Å². The van der Waals surface area contributed by atoms with Crippen molar-refractivity contribution in [1.29, 1.82) is 5.26 Å². The van der Waals surface area contributed by atoms with Crippen LogP contribution in [0, 0.1) is 11.3 Å². The highest BCUT2D eigenvalue weighted by Crippen LogP contribution is 2.09. The van der Waals surface area contributed by atoms with Crippen LogP contribution in [-0.4, -0.2) is 30.7 Å². The fourth-order valence-corrected chi connectivity index (χ4v) is 1.20. The van der Waals surface area contributed by atoms with Crippen LogP contribution >= 0.6 is 0 Å². The van der Waals surface area contributed by atoms with E-state index in [-0.39, 0.29) is 6.09 Å². The molecule has 0 radical (unpaired) electrons. The maximum Gasteiger partial charge on any atom is 0.410 e. The van der Waals surface area contributed by atoms with Gasteiger partial charge in [0.05, 0.1) is 19.2 Å². The minimum atomic E-state index is -0.330. The maximum atomic E-state index is 11.2. The third kappa shape index (κ3) is 2.48. The summed E-state index contributed by atoms with van der Waals surface area (Å²) in [7, 11) is 0. The van der Waals surface area contributed by atoms with Crippen LogP contribution < -0.4 is 0 Å². The van der Waals surface area contributed by atoms with E-state index in [0.29, 0.717) is 25.3 Å². The van der Waals surface area contributed by atoms with Crippen LogP contribution in [0.3, 0.4) is 0 Å². The van der Waals surface area contributed by atoms with Gasteiger partial charge in [0, 0.05) is 12.1 Å². The molecule has 0 N–H and O–H groups in total. The monoisotopic (exact) mass is 180 g/mol. The number of carbonyl (C=O) groups excluding carboxylic acids is 1. The van der Waals surface area contributed by atoms with Crippen LogP contribution in [-0.2, 0) is 4.74 Å². The second kappa shape index (κ2) is 4.51. The van der Waals surface area contributed by atoms with Gasteiger partial charge in [-0.1, -0.05) is 6.08 Å². The minimum Gasteiger partial charge on any atom is -0.450 e. The maximum absolute atomic E-state index is 11.2. The van der Waals surface area contributed by atoms with Crippen molar-refractivity contribution >= 4 is 6.09 Å². The SMILES string of the molecule is CCOC(=O)N1CCC=C(C#N)C1. The van der Waals surface area contributed by atoms with Gasteiger partial charge in [-0.3, -0.25) is 0 Å². The molecular formula is C9H12N2O2. The first kappa shape index (κ1) is 9.59. The van der Waals surface area contributed by atoms with Gasteiger partial charge in [0.2, 0.25) is 0 Å². The Labute approximate surface area is 77.4 Å². The van der Waals surface area contributed by atoms with Crippen molar-refractivity contribution < 1.29 is 9.53 Å². The van der Waals surface area contributed by atoms with Crippen molar-refractivity contribution in [3.63, 3.8) is 0 Å². The number of rotatable bonds is 1. The van der Waals surface area contributed by atoms with Gasteiger partial charge in [0.25, 0.3) is 0 Å². The standard InChI is InChI=1S/C9H12N2O2/c1-2-13-9(12)11-5-3-4-8(6-10)7-11/h4H,2-3,5,7H2,1H3. The van der Waals surface area contributed by atoms with E-state index in [1.165, 1.54) is 0 Å². The van der Waals surface area contributed by atoms with Gasteiger partial charge in [0.15, 0.2) is 0 Å². The molecule has 0 aromatic carbocycles. The first-order valence-corrected chi connectivity index (χ1v) is 4.28. The molecule has 1 aliphatic rings. The van der Waals surface area contributed by atoms with Gasteiger partial charge in [-0.2, -0.15) is 5.26 Å². The van der Waals surface area contributed by atoms with Gasteiger partial charge in [0.1, 0.15) is 0 Å². The summed E-state index contributed by atoms with van der Waals surface area (Å²) < 4.78 is 4.82. The molecular weight excluding hydrogens is 168 g/mol. The molecule has 0 fully saturated rings. The molecule has 1 heterocycles. The molecule has 0 aliphatic carbocycles. The van der Waals surface area contributed by atoms with Crippen molar-refractivity contribution in [3.05, 3.63) is 11.6 Å². The predicted molar refractivity (Wildman–Crippen MR) is 46.9 cm³/mol. The first-order chi connectivity index (χ1) is 6.27. The number of hydrogen-bond acceptors (Lipinski definition) is 3. The average molecular weight is 180 g/mol. The van der Waals surface area contributed by atoms with Crippen LogP contribution in [0.15, 0.2) is 11.6 Å². The highest BCUT2D eigenvalue weighted by Gasteiger charge is 2.18. The van der Waals surface area contributed by atoms with Crippen LogP contribution in [0.25, 0.3) is 0 Å². The number of hydrogen-bond donors (Lipinski definition) is 0. The summed E-state index contributed by atoms with van der Waals surface area (Å²) in [6.45, 7) is 3.17. The number of ether oxygens (including phenoxy) is 1. The molecule has 13 heavy (non-hydrogen) atoms. The highest BCUT2D eigenvalue weighted by atomic mass is 16.6. The highest BCUT2D eigenvalue weighted by molar-refractivity contribution is 5.68. The Kier molecular flexibility index (Phi) is 3.32. The predicted octanol–water partition coefficient (Wildman–Crippen LogP) is 1.30. The molecule has 4 heteroatoms. The minimum absolute atomic E-state index is 0.330. The molecule has 70 valence electrons. The average Bonchev–Trinajstić information content (AvgIpc) is 2.18. The molecule has 0 bridgehead atoms. The van der Waals surface area contributed by atoms with Crippen molar-refractivity contribution in [1.82, 2.24) is 4.90 Å². The molecule has 1 aliphatic heterocycles. The zero-order chi connectivity index (χ0) is 9.68. The zero-order valence-electron chi connectivity index (χ0n) is 7.62. The first-order valence-electron chi connectivity index (χ1n) is 4.28. The van der Waals surface area contributed by atoms with E-state index in [4.69, 9.17) is 10.00 Å². The number of nitriles is 1. The Morgan fingerprint density at radius 3 is 3.23 bits per heavy atom. The Morgan fingerprint density at radius 1 is 1.85 bits per heavy atom. The molecule has 1 rings (SSSR count). The Balaban J connectivity index is 2.51. The molecule has 0 unspecified atom stereocenters. The lowest BCUT2D eigenvalue weighted by Crippen LogP contribution is -2.36. The number of amides is 1. The number of nitrogens with zero attached hydrogens (tertiary/aromatic N) is 2. The molecule has 0 saturated carbocycles. The van der Waals surface area contributed by atoms with Crippen molar-refractivity contribution in [2.75, 3.05) is 19.7 Å². The third-order valence-electron chi connectivity index (χ3n) is 1.82. The summed E-state index contributed by atoms with van der Waals surface area (Å²) in [5.74, 6) is 0. The normalized spacial score (nSPS) is 16.0. The lowest BCUT2D eigenvalue weighted by Gasteiger charge is -2.23. The van der Waals surface area contributed by atoms with E-state index in [0.717, 1.165) is 6.42 Å². The lowest BCUT2D eigenvalue weighted by atomic mass is 10.1. The van der Waals surface area contributed by atoms with E-state index < -0.39 is 0 Å². The van der Waals surface area contributed by atoms with Crippen LogP contribution in [0.5, 0.6) is 0 Å². The second-order valence-corrected chi connectivity index (χ2v) is 2.75. The van der Waals surface area contributed by atoms with Gasteiger partial charge in [-0.25, -0.2) is 4.79 Å².